The van der Waals surface area contributed by atoms with Crippen LogP contribution in [0.2, 0.25) is 5.02 Å². The fraction of sp³-hybridized carbons (Fsp3) is 0.111. The zero-order valence-electron chi connectivity index (χ0n) is 13.6. The van der Waals surface area contributed by atoms with Crippen LogP contribution in [0.3, 0.4) is 0 Å². The second kappa shape index (κ2) is 6.97. The quantitative estimate of drug-likeness (QED) is 0.717. The van der Waals surface area contributed by atoms with Crippen LogP contribution in [-0.2, 0) is 4.79 Å². The van der Waals surface area contributed by atoms with E-state index in [1.807, 2.05) is 0 Å². The average Bonchev–Trinajstić information content (AvgIpc) is 3.08. The minimum absolute atomic E-state index is 0.0198. The van der Waals surface area contributed by atoms with E-state index in [0.717, 1.165) is 6.07 Å². The molecule has 7 nitrogen and oxygen atoms in total. The van der Waals surface area contributed by atoms with Gasteiger partial charge in [0.25, 0.3) is 0 Å². The lowest BCUT2D eigenvalue weighted by Gasteiger charge is -2.13. The van der Waals surface area contributed by atoms with Crippen molar-refractivity contribution in [3.05, 3.63) is 52.5 Å². The van der Waals surface area contributed by atoms with E-state index in [-0.39, 0.29) is 33.6 Å². The molecule has 1 aliphatic heterocycles. The molecular weight excluding hydrogens is 358 g/mol. The molecule has 0 spiro atoms. The summed E-state index contributed by atoms with van der Waals surface area (Å²) < 4.78 is 0. The van der Waals surface area contributed by atoms with E-state index in [1.165, 1.54) is 19.2 Å². The Labute approximate surface area is 153 Å². The molecule has 0 aliphatic carbocycles. The van der Waals surface area contributed by atoms with E-state index in [2.05, 4.69) is 15.5 Å². The summed E-state index contributed by atoms with van der Waals surface area (Å²) in [5.74, 6) is -1.86. The van der Waals surface area contributed by atoms with Crippen LogP contribution in [0.25, 0.3) is 0 Å². The van der Waals surface area contributed by atoms with E-state index < -0.39 is 11.8 Å². The number of rotatable bonds is 4. The molecule has 3 N–H and O–H groups in total. The Kier molecular flexibility index (Phi) is 4.73. The zero-order chi connectivity index (χ0) is 18.8. The first kappa shape index (κ1) is 17.6. The third-order valence-electron chi connectivity index (χ3n) is 3.86. The number of halogens is 1. The number of hydrogen-bond donors (Lipinski definition) is 3. The van der Waals surface area contributed by atoms with Crippen molar-refractivity contribution in [1.82, 2.24) is 0 Å². The van der Waals surface area contributed by atoms with Gasteiger partial charge < -0.3 is 15.5 Å². The first-order valence-electron chi connectivity index (χ1n) is 7.61. The third-order valence-corrected chi connectivity index (χ3v) is 4.16. The van der Waals surface area contributed by atoms with Gasteiger partial charge >= 0.3 is 0 Å². The van der Waals surface area contributed by atoms with E-state index >= 15 is 0 Å². The predicted molar refractivity (Wildman–Crippen MR) is 98.4 cm³/mol. The Balaban J connectivity index is 1.81. The Morgan fingerprint density at radius 2 is 1.81 bits per heavy atom. The number of phenols is 2. The van der Waals surface area contributed by atoms with Crippen LogP contribution in [-0.4, -0.2) is 33.8 Å². The Bertz CT molecular complexity index is 952. The number of benzene rings is 2. The smallest absolute Gasteiger partial charge is 0.239 e. The molecule has 1 amide bonds. The summed E-state index contributed by atoms with van der Waals surface area (Å²) in [5, 5.41) is 29.9. The van der Waals surface area contributed by atoms with Crippen molar-refractivity contribution >= 4 is 40.9 Å². The lowest BCUT2D eigenvalue weighted by molar-refractivity contribution is -0.116. The average molecular weight is 372 g/mol. The molecule has 0 saturated carbocycles. The monoisotopic (exact) mass is 371 g/mol. The van der Waals surface area contributed by atoms with Crippen LogP contribution in [0.15, 0.2) is 46.6 Å². The van der Waals surface area contributed by atoms with Gasteiger partial charge in [0.05, 0.1) is 10.7 Å². The number of Topliss-reactive ketones (excluding diaryl/α,β-unsaturated/α-hetero) is 1. The number of carbonyl (C=O) groups is 2. The third kappa shape index (κ3) is 3.43. The van der Waals surface area contributed by atoms with Crippen molar-refractivity contribution in [3.63, 3.8) is 0 Å². The fourth-order valence-corrected chi connectivity index (χ4v) is 2.64. The highest BCUT2D eigenvalue weighted by atomic mass is 35.5. The minimum Gasteiger partial charge on any atom is -0.507 e. The van der Waals surface area contributed by atoms with Crippen molar-refractivity contribution in [2.75, 3.05) is 5.32 Å². The molecule has 132 valence electrons. The second-order valence-electron chi connectivity index (χ2n) is 5.67. The number of nitrogens with zero attached hydrogens (tertiary/aromatic N) is 2. The highest BCUT2D eigenvalue weighted by molar-refractivity contribution is 6.33. The molecule has 1 heterocycles. The van der Waals surface area contributed by atoms with Crippen LogP contribution in [0.4, 0.5) is 5.69 Å². The van der Waals surface area contributed by atoms with Crippen LogP contribution in [0, 0.1) is 5.92 Å². The summed E-state index contributed by atoms with van der Waals surface area (Å²) in [7, 11) is 0. The van der Waals surface area contributed by atoms with E-state index in [9.17, 15) is 19.8 Å². The highest BCUT2D eigenvalue weighted by Crippen LogP contribution is 2.33. The Hall–Kier alpha value is -3.19. The Morgan fingerprint density at radius 1 is 1.12 bits per heavy atom. The van der Waals surface area contributed by atoms with E-state index in [0.29, 0.717) is 11.3 Å². The second-order valence-corrected chi connectivity index (χ2v) is 6.08. The summed E-state index contributed by atoms with van der Waals surface area (Å²) in [6, 6.07) is 8.86. The minimum atomic E-state index is -0.839. The molecule has 1 unspecified atom stereocenters. The first-order chi connectivity index (χ1) is 12.4. The number of amides is 1. The summed E-state index contributed by atoms with van der Waals surface area (Å²) in [4.78, 5) is 23.9. The maximum absolute atomic E-state index is 12.6. The number of anilines is 1. The van der Waals surface area contributed by atoms with Gasteiger partial charge in [0.2, 0.25) is 5.91 Å². The fourth-order valence-electron chi connectivity index (χ4n) is 2.47. The highest BCUT2D eigenvalue weighted by Gasteiger charge is 2.30. The molecule has 0 aromatic heterocycles. The SMILES string of the molecule is CC(=O)c1ccc(NC(=O)C2C=NN=C2c2cc(Cl)c(O)cc2O)cc1. The van der Waals surface area contributed by atoms with Gasteiger partial charge in [-0.1, -0.05) is 11.6 Å². The molecular formula is C18H14ClN3O4. The molecule has 0 bridgehead atoms. The van der Waals surface area contributed by atoms with Gasteiger partial charge in [0.1, 0.15) is 17.4 Å². The standard InChI is InChI=1S/C18H14ClN3O4/c1-9(23)10-2-4-11(5-3-10)21-18(26)13-8-20-22-17(13)12-6-14(19)16(25)7-15(12)24/h2-8,13,24-25H,1H3,(H,21,26). The van der Waals surface area contributed by atoms with E-state index in [4.69, 9.17) is 11.6 Å². The zero-order valence-corrected chi connectivity index (χ0v) is 14.4. The molecule has 2 aromatic carbocycles. The van der Waals surface area contributed by atoms with Gasteiger partial charge in [-0.15, -0.1) is 0 Å². The summed E-state index contributed by atoms with van der Waals surface area (Å²) in [6.45, 7) is 1.46. The van der Waals surface area contributed by atoms with Gasteiger partial charge in [0, 0.05) is 29.1 Å². The number of phenolic OH excluding ortho intramolecular Hbond substituents is 2. The molecule has 1 aliphatic rings. The van der Waals surface area contributed by atoms with Crippen molar-refractivity contribution in [2.45, 2.75) is 6.92 Å². The number of ketones is 1. The lowest BCUT2D eigenvalue weighted by atomic mass is 9.96. The number of carbonyl (C=O) groups excluding carboxylic acids is 2. The van der Waals surface area contributed by atoms with Crippen LogP contribution < -0.4 is 5.32 Å². The first-order valence-corrected chi connectivity index (χ1v) is 7.99. The molecule has 3 rings (SSSR count). The predicted octanol–water partition coefficient (Wildman–Crippen LogP) is 3.00. The molecule has 26 heavy (non-hydrogen) atoms. The number of aromatic hydroxyl groups is 2. The lowest BCUT2D eigenvalue weighted by Crippen LogP contribution is -2.29. The normalized spacial score (nSPS) is 15.6. The molecule has 2 aromatic rings. The molecule has 0 saturated heterocycles. The molecule has 0 fully saturated rings. The molecule has 8 heteroatoms. The van der Waals surface area contributed by atoms with Gasteiger partial charge in [-0.3, -0.25) is 9.59 Å². The maximum atomic E-state index is 12.6. The molecule has 1 atom stereocenters. The van der Waals surface area contributed by atoms with Gasteiger partial charge in [-0.25, -0.2) is 0 Å². The van der Waals surface area contributed by atoms with E-state index in [1.54, 1.807) is 24.3 Å². The van der Waals surface area contributed by atoms with Gasteiger partial charge in [-0.05, 0) is 37.3 Å². The van der Waals surface area contributed by atoms with Crippen molar-refractivity contribution in [1.29, 1.82) is 0 Å². The van der Waals surface area contributed by atoms with Crippen molar-refractivity contribution < 1.29 is 19.8 Å². The Morgan fingerprint density at radius 3 is 2.46 bits per heavy atom. The topological polar surface area (TPSA) is 111 Å². The summed E-state index contributed by atoms with van der Waals surface area (Å²) >= 11 is 5.88. The number of hydrogen-bond acceptors (Lipinski definition) is 6. The van der Waals surface area contributed by atoms with Crippen molar-refractivity contribution in [3.8, 4) is 11.5 Å². The van der Waals surface area contributed by atoms with Crippen molar-refractivity contribution in [2.24, 2.45) is 16.1 Å². The number of nitrogens with one attached hydrogen (secondary N) is 1. The maximum Gasteiger partial charge on any atom is 0.239 e. The van der Waals surface area contributed by atoms with Gasteiger partial charge in [-0.2, -0.15) is 10.2 Å². The van der Waals surface area contributed by atoms with Crippen LogP contribution >= 0.6 is 11.6 Å². The van der Waals surface area contributed by atoms with Crippen LogP contribution in [0.1, 0.15) is 22.8 Å². The molecule has 0 radical (unpaired) electrons. The summed E-state index contributed by atoms with van der Waals surface area (Å²) in [5.41, 5.74) is 1.46. The summed E-state index contributed by atoms with van der Waals surface area (Å²) in [6.07, 6.45) is 1.34. The largest absolute Gasteiger partial charge is 0.507 e. The van der Waals surface area contributed by atoms with Gasteiger partial charge in [0.15, 0.2) is 5.78 Å². The van der Waals surface area contributed by atoms with Crippen LogP contribution in [0.5, 0.6) is 11.5 Å².